The fourth-order valence-corrected chi connectivity index (χ4v) is 2.62. The molecule has 0 aromatic heterocycles. The number of allylic oxidation sites excluding steroid dienone is 2. The molecule has 2 aliphatic carbocycles. The molecule has 1 aromatic carbocycles. The molecule has 0 bridgehead atoms. The number of benzene rings is 1. The molecule has 0 saturated heterocycles. The quantitative estimate of drug-likeness (QED) is 0.464. The van der Waals surface area contributed by atoms with Crippen molar-refractivity contribution in [3.8, 4) is 0 Å². The molecule has 8 heteroatoms. The molecular formula is C14H8N2O6. The van der Waals surface area contributed by atoms with Crippen molar-refractivity contribution in [2.75, 3.05) is 0 Å². The first-order valence-electron chi connectivity index (χ1n) is 6.29. The number of rotatable bonds is 2. The van der Waals surface area contributed by atoms with Crippen LogP contribution in [0.1, 0.15) is 27.1 Å². The fourth-order valence-electron chi connectivity index (χ4n) is 2.62. The van der Waals surface area contributed by atoms with Crippen LogP contribution in [-0.2, 0) is 0 Å². The predicted octanol–water partition coefficient (Wildman–Crippen LogP) is 1.57. The van der Waals surface area contributed by atoms with Gasteiger partial charge < -0.3 is 0 Å². The third-order valence-electron chi connectivity index (χ3n) is 3.81. The molecule has 0 heterocycles. The van der Waals surface area contributed by atoms with E-state index in [9.17, 15) is 29.8 Å². The largest absolute Gasteiger partial charge is 0.482 e. The van der Waals surface area contributed by atoms with E-state index in [0.29, 0.717) is 6.08 Å². The number of hydrogen-bond donors (Lipinski definition) is 0. The van der Waals surface area contributed by atoms with E-state index in [-0.39, 0.29) is 22.3 Å². The highest BCUT2D eigenvalue weighted by molar-refractivity contribution is 6.31. The van der Waals surface area contributed by atoms with Crippen LogP contribution in [0.2, 0.25) is 0 Å². The molecule has 0 radical (unpaired) electrons. The number of nitrogens with zero attached hydrogens (tertiary/aromatic N) is 2. The second-order valence-corrected chi connectivity index (χ2v) is 4.98. The summed E-state index contributed by atoms with van der Waals surface area (Å²) in [6, 6.07) is 6.05. The Bertz CT molecular complexity index is 806. The Morgan fingerprint density at radius 2 is 1.41 bits per heavy atom. The first kappa shape index (κ1) is 13.8. The van der Waals surface area contributed by atoms with Gasteiger partial charge in [-0.25, -0.2) is 0 Å². The molecule has 2 aliphatic rings. The number of Topliss-reactive ketones (excluding diaryl/α,β-unsaturated/α-hetero) is 2. The van der Waals surface area contributed by atoms with Gasteiger partial charge in [-0.2, -0.15) is 0 Å². The lowest BCUT2D eigenvalue weighted by atomic mass is 9.77. The number of fused-ring (bicyclic) bond motifs is 2. The van der Waals surface area contributed by atoms with Crippen LogP contribution in [0.25, 0.3) is 0 Å². The molecular weight excluding hydrogens is 292 g/mol. The van der Waals surface area contributed by atoms with E-state index in [4.69, 9.17) is 0 Å². The molecule has 0 fully saturated rings. The Morgan fingerprint density at radius 3 is 1.91 bits per heavy atom. The van der Waals surface area contributed by atoms with Crippen molar-refractivity contribution in [1.82, 2.24) is 0 Å². The SMILES string of the molecule is O=C1C2=CCC([N+](=O)[O-])([N+](=O)[O-])C=C2C(=O)c2ccccc21. The topological polar surface area (TPSA) is 120 Å². The maximum Gasteiger partial charge on any atom is 0.482 e. The maximum absolute atomic E-state index is 12.4. The Kier molecular flexibility index (Phi) is 2.77. The zero-order chi connectivity index (χ0) is 16.1. The van der Waals surface area contributed by atoms with Crippen molar-refractivity contribution in [1.29, 1.82) is 0 Å². The number of carbonyl (C=O) groups excluding carboxylic acids is 2. The summed E-state index contributed by atoms with van der Waals surface area (Å²) in [5.74, 6) is -1.07. The van der Waals surface area contributed by atoms with Gasteiger partial charge in [0.05, 0.1) is 6.08 Å². The summed E-state index contributed by atoms with van der Waals surface area (Å²) in [5, 5.41) is 22.2. The molecule has 0 unspecified atom stereocenters. The van der Waals surface area contributed by atoms with Crippen LogP contribution < -0.4 is 0 Å². The minimum Gasteiger partial charge on any atom is -0.289 e. The van der Waals surface area contributed by atoms with E-state index < -0.39 is 33.5 Å². The van der Waals surface area contributed by atoms with Crippen LogP contribution in [0.3, 0.4) is 0 Å². The number of nitro groups is 2. The highest BCUT2D eigenvalue weighted by Crippen LogP contribution is 2.36. The van der Waals surface area contributed by atoms with Crippen LogP contribution in [0, 0.1) is 20.2 Å². The van der Waals surface area contributed by atoms with Gasteiger partial charge in [0.25, 0.3) is 0 Å². The van der Waals surface area contributed by atoms with Crippen molar-refractivity contribution in [2.45, 2.75) is 12.1 Å². The van der Waals surface area contributed by atoms with Crippen LogP contribution in [0.4, 0.5) is 0 Å². The van der Waals surface area contributed by atoms with E-state index in [1.54, 1.807) is 12.1 Å². The van der Waals surface area contributed by atoms with Gasteiger partial charge in [-0.15, -0.1) is 0 Å². The number of carbonyl (C=O) groups is 2. The molecule has 0 amide bonds. The molecule has 110 valence electrons. The lowest BCUT2D eigenvalue weighted by molar-refractivity contribution is -0.780. The monoisotopic (exact) mass is 300 g/mol. The van der Waals surface area contributed by atoms with E-state index >= 15 is 0 Å². The van der Waals surface area contributed by atoms with Gasteiger partial charge in [-0.3, -0.25) is 29.8 Å². The van der Waals surface area contributed by atoms with Crippen LogP contribution in [0.5, 0.6) is 0 Å². The average molecular weight is 300 g/mol. The highest BCUT2D eigenvalue weighted by atomic mass is 16.7. The Balaban J connectivity index is 2.24. The molecule has 3 rings (SSSR count). The third kappa shape index (κ3) is 1.63. The zero-order valence-corrected chi connectivity index (χ0v) is 11.0. The van der Waals surface area contributed by atoms with Crippen molar-refractivity contribution in [2.24, 2.45) is 0 Å². The summed E-state index contributed by atoms with van der Waals surface area (Å²) in [6.45, 7) is 0. The van der Waals surface area contributed by atoms with E-state index in [0.717, 1.165) is 6.08 Å². The summed E-state index contributed by atoms with van der Waals surface area (Å²) in [7, 11) is 0. The normalized spacial score (nSPS) is 18.7. The van der Waals surface area contributed by atoms with Crippen molar-refractivity contribution >= 4 is 11.6 Å². The minimum atomic E-state index is -2.61. The number of ketones is 2. The molecule has 0 aliphatic heterocycles. The van der Waals surface area contributed by atoms with Crippen LogP contribution in [-0.4, -0.2) is 27.1 Å². The lowest BCUT2D eigenvalue weighted by Gasteiger charge is -2.24. The lowest BCUT2D eigenvalue weighted by Crippen LogP contribution is -2.46. The van der Waals surface area contributed by atoms with Crippen molar-refractivity contribution in [3.05, 3.63) is 78.9 Å². The summed E-state index contributed by atoms with van der Waals surface area (Å²) in [6.07, 6.45) is 1.22. The van der Waals surface area contributed by atoms with Gasteiger partial charge in [0.2, 0.25) is 0 Å². The Morgan fingerprint density at radius 1 is 0.909 bits per heavy atom. The van der Waals surface area contributed by atoms with Gasteiger partial charge in [0.1, 0.15) is 16.3 Å². The first-order chi connectivity index (χ1) is 10.4. The van der Waals surface area contributed by atoms with Gasteiger partial charge in [-0.1, -0.05) is 30.3 Å². The van der Waals surface area contributed by atoms with Crippen molar-refractivity contribution in [3.63, 3.8) is 0 Å². The molecule has 0 atom stereocenters. The summed E-state index contributed by atoms with van der Waals surface area (Å²) < 4.78 is 0. The summed E-state index contributed by atoms with van der Waals surface area (Å²) in [4.78, 5) is 44.9. The van der Waals surface area contributed by atoms with Crippen LogP contribution in [0.15, 0.2) is 47.6 Å². The average Bonchev–Trinajstić information content (AvgIpc) is 2.51. The fraction of sp³-hybridized carbons (Fsp3) is 0.143. The molecule has 8 nitrogen and oxygen atoms in total. The maximum atomic E-state index is 12.4. The predicted molar refractivity (Wildman–Crippen MR) is 72.6 cm³/mol. The second kappa shape index (κ2) is 4.42. The van der Waals surface area contributed by atoms with Gasteiger partial charge in [-0.05, 0) is 0 Å². The summed E-state index contributed by atoms with van der Waals surface area (Å²) in [5.41, 5.74) is -2.60. The Labute approximate surface area is 123 Å². The molecule has 22 heavy (non-hydrogen) atoms. The smallest absolute Gasteiger partial charge is 0.289 e. The zero-order valence-electron chi connectivity index (χ0n) is 11.0. The second-order valence-electron chi connectivity index (χ2n) is 4.98. The van der Waals surface area contributed by atoms with Crippen molar-refractivity contribution < 1.29 is 19.4 Å². The van der Waals surface area contributed by atoms with E-state index in [2.05, 4.69) is 0 Å². The minimum absolute atomic E-state index is 0.0111. The third-order valence-corrected chi connectivity index (χ3v) is 3.81. The standard InChI is InChI=1S/C14H8N2O6/c17-12-8-3-1-2-4-9(8)13(18)11-7-14(15(19)20,16(21)22)6-5-10(11)12/h1-5,7H,6H2. The van der Waals surface area contributed by atoms with Crippen LogP contribution >= 0.6 is 0 Å². The molecule has 0 saturated carbocycles. The first-order valence-corrected chi connectivity index (χ1v) is 6.29. The Hall–Kier alpha value is -3.16. The molecule has 1 aromatic rings. The van der Waals surface area contributed by atoms with E-state index in [1.165, 1.54) is 12.1 Å². The highest BCUT2D eigenvalue weighted by Gasteiger charge is 2.56. The van der Waals surface area contributed by atoms with Gasteiger partial charge in [0, 0.05) is 22.3 Å². The van der Waals surface area contributed by atoms with Gasteiger partial charge in [0.15, 0.2) is 11.6 Å². The van der Waals surface area contributed by atoms with E-state index in [1.807, 2.05) is 0 Å². The summed E-state index contributed by atoms with van der Waals surface area (Å²) >= 11 is 0. The number of hydrogen-bond acceptors (Lipinski definition) is 6. The molecule has 0 spiro atoms. The molecule has 0 N–H and O–H groups in total. The van der Waals surface area contributed by atoms with Gasteiger partial charge >= 0.3 is 5.66 Å².